The van der Waals surface area contributed by atoms with Gasteiger partial charge in [-0.05, 0) is 72.9 Å². The maximum Gasteiger partial charge on any atom is 0.441 e. The lowest BCUT2D eigenvalue weighted by Crippen LogP contribution is -2.28. The van der Waals surface area contributed by atoms with Gasteiger partial charge in [0.2, 0.25) is 0 Å². The van der Waals surface area contributed by atoms with Crippen molar-refractivity contribution < 1.29 is 57.5 Å². The summed E-state index contributed by atoms with van der Waals surface area (Å²) in [7, 11) is 0. The van der Waals surface area contributed by atoms with Crippen LogP contribution < -0.4 is 14.2 Å². The Balaban J connectivity index is 1.66. The molecule has 0 fully saturated rings. The molecule has 3 aromatic carbocycles. The van der Waals surface area contributed by atoms with Gasteiger partial charge in [0.15, 0.2) is 0 Å². The lowest BCUT2D eigenvalue weighted by atomic mass is 9.71. The number of hydrogen-bond acceptors (Lipinski definition) is 10. The molecule has 0 aliphatic carbocycles. The molecule has 0 saturated heterocycles. The van der Waals surface area contributed by atoms with Gasteiger partial charge >= 0.3 is 23.4 Å². The summed E-state index contributed by atoms with van der Waals surface area (Å²) in [5.41, 5.74) is 19.3. The largest absolute Gasteiger partial charge is 0.491 e. The number of aliphatic hydroxyl groups excluding tert-OH is 1. The first-order valence-corrected chi connectivity index (χ1v) is 19.8. The van der Waals surface area contributed by atoms with Gasteiger partial charge in [-0.1, -0.05) is 88.8 Å². The summed E-state index contributed by atoms with van der Waals surface area (Å²) in [6, 6.07) is 22.4. The zero-order chi connectivity index (χ0) is 42.2. The van der Waals surface area contributed by atoms with Gasteiger partial charge < -0.3 is 39.9 Å². The van der Waals surface area contributed by atoms with Crippen LogP contribution >= 0.6 is 0 Å². The predicted molar refractivity (Wildman–Crippen MR) is 215 cm³/mol. The number of ether oxygens (including phenoxy) is 5. The van der Waals surface area contributed by atoms with Crippen molar-refractivity contribution in [1.82, 2.24) is 0 Å². The third-order valence-corrected chi connectivity index (χ3v) is 9.46. The molecule has 0 aromatic heterocycles. The molecule has 0 atom stereocenters. The monoisotopic (exact) mass is 798 g/mol. The van der Waals surface area contributed by atoms with E-state index in [-0.39, 0.29) is 52.5 Å². The van der Waals surface area contributed by atoms with E-state index in [4.69, 9.17) is 23.7 Å². The van der Waals surface area contributed by atoms with E-state index >= 15 is 0 Å². The average Bonchev–Trinajstić information content (AvgIpc) is 3.24. The number of esters is 2. The molecule has 0 aliphatic heterocycles. The van der Waals surface area contributed by atoms with Crippen molar-refractivity contribution in [2.75, 3.05) is 39.6 Å². The minimum atomic E-state index is -1.01. The number of carbonyl (C=O) groups is 4. The SMILES string of the molecule is CCCCCCC(=O)C(=[N+]=[N-])C(=O)OCCOc1ccc(C(C)(c2ccc(OCCO)cc2)c2ccc(OCCOC(=O)C(=[N+]=[N-])C(=O)CCCCCC)cc2)cc1. The van der Waals surface area contributed by atoms with E-state index in [0.29, 0.717) is 30.1 Å². The average molecular weight is 799 g/mol. The van der Waals surface area contributed by atoms with Crippen LogP contribution in [0, 0.1) is 0 Å². The maximum absolute atomic E-state index is 12.4. The first-order chi connectivity index (χ1) is 28.1. The van der Waals surface area contributed by atoms with Gasteiger partial charge in [0.25, 0.3) is 11.6 Å². The summed E-state index contributed by atoms with van der Waals surface area (Å²) in [5.74, 6) is -1.52. The van der Waals surface area contributed by atoms with E-state index in [1.54, 1.807) is 24.3 Å². The van der Waals surface area contributed by atoms with Crippen LogP contribution in [0.3, 0.4) is 0 Å². The highest BCUT2D eigenvalue weighted by molar-refractivity contribution is 6.62. The van der Waals surface area contributed by atoms with Gasteiger partial charge in [0.1, 0.15) is 50.3 Å². The Morgan fingerprint density at radius 3 is 1.19 bits per heavy atom. The van der Waals surface area contributed by atoms with E-state index < -0.39 is 40.3 Å². The van der Waals surface area contributed by atoms with Crippen molar-refractivity contribution in [2.24, 2.45) is 0 Å². The highest BCUT2D eigenvalue weighted by Crippen LogP contribution is 2.40. The molecule has 0 amide bonds. The Morgan fingerprint density at radius 2 is 0.879 bits per heavy atom. The molecule has 0 heterocycles. The second-order valence-corrected chi connectivity index (χ2v) is 13.6. The Bertz CT molecular complexity index is 1770. The minimum Gasteiger partial charge on any atom is -0.491 e. The van der Waals surface area contributed by atoms with Gasteiger partial charge in [-0.3, -0.25) is 9.59 Å². The molecule has 310 valence electrons. The van der Waals surface area contributed by atoms with Gasteiger partial charge in [-0.25, -0.2) is 9.59 Å². The quantitative estimate of drug-likeness (QED) is 0.0157. The minimum absolute atomic E-state index is 0.00481. The number of unbranched alkanes of at least 4 members (excludes halogenated alkanes) is 6. The van der Waals surface area contributed by atoms with Crippen molar-refractivity contribution in [1.29, 1.82) is 0 Å². The number of Topliss-reactive ketones (excluding diaryl/α,β-unsaturated/α-hetero) is 2. The molecule has 3 aromatic rings. The summed E-state index contributed by atoms with van der Waals surface area (Å²) in [4.78, 5) is 55.1. The van der Waals surface area contributed by atoms with Crippen molar-refractivity contribution in [3.05, 3.63) is 101 Å². The van der Waals surface area contributed by atoms with E-state index in [1.165, 1.54) is 0 Å². The van der Waals surface area contributed by atoms with Crippen LogP contribution in [0.4, 0.5) is 0 Å². The molecule has 58 heavy (non-hydrogen) atoms. The lowest BCUT2D eigenvalue weighted by molar-refractivity contribution is -0.143. The molecule has 14 heteroatoms. The Labute approximate surface area is 339 Å². The lowest BCUT2D eigenvalue weighted by Gasteiger charge is -2.32. The molecule has 0 bridgehead atoms. The second kappa shape index (κ2) is 25.3. The molecule has 0 saturated carbocycles. The summed E-state index contributed by atoms with van der Waals surface area (Å²) < 4.78 is 27.4. The molecular formula is C44H54N4O10. The third-order valence-electron chi connectivity index (χ3n) is 9.46. The van der Waals surface area contributed by atoms with E-state index in [2.05, 4.69) is 16.5 Å². The Hall–Kier alpha value is -5.94. The van der Waals surface area contributed by atoms with Crippen LogP contribution in [0.2, 0.25) is 0 Å². The topological polar surface area (TPSA) is 207 Å². The van der Waals surface area contributed by atoms with Gasteiger partial charge in [-0.2, -0.15) is 9.58 Å². The molecule has 0 unspecified atom stereocenters. The second-order valence-electron chi connectivity index (χ2n) is 13.6. The van der Waals surface area contributed by atoms with E-state index in [9.17, 15) is 35.3 Å². The predicted octanol–water partition coefficient (Wildman–Crippen LogP) is 6.68. The summed E-state index contributed by atoms with van der Waals surface area (Å²) >= 11 is 0. The molecule has 1 N–H and O–H groups in total. The molecule has 14 nitrogen and oxygen atoms in total. The summed E-state index contributed by atoms with van der Waals surface area (Å²) in [6.07, 6.45) is 7.01. The van der Waals surface area contributed by atoms with Gasteiger partial charge in [0, 0.05) is 18.3 Å². The van der Waals surface area contributed by atoms with Gasteiger partial charge in [-0.15, -0.1) is 0 Å². The van der Waals surface area contributed by atoms with Crippen molar-refractivity contribution in [2.45, 2.75) is 90.4 Å². The Kier molecular flexibility index (Phi) is 20.3. The number of nitrogens with zero attached hydrogens (tertiary/aromatic N) is 4. The molecule has 0 radical (unpaired) electrons. The zero-order valence-electron chi connectivity index (χ0n) is 33.7. The fourth-order valence-electron chi connectivity index (χ4n) is 6.12. The van der Waals surface area contributed by atoms with Crippen LogP contribution in [0.15, 0.2) is 72.8 Å². The van der Waals surface area contributed by atoms with Crippen molar-refractivity contribution in [3.63, 3.8) is 0 Å². The van der Waals surface area contributed by atoms with Gasteiger partial charge in [0.05, 0.1) is 6.61 Å². The normalized spacial score (nSPS) is 11.6. The number of rotatable bonds is 28. The molecule has 3 rings (SSSR count). The first kappa shape index (κ1) is 46.4. The highest BCUT2D eigenvalue weighted by Gasteiger charge is 2.33. The van der Waals surface area contributed by atoms with E-state index in [1.807, 2.05) is 62.4 Å². The molecule has 0 aliphatic rings. The number of benzene rings is 3. The fraction of sp³-hybridized carbons (Fsp3) is 0.455. The highest BCUT2D eigenvalue weighted by atomic mass is 16.6. The molecule has 0 spiro atoms. The Morgan fingerprint density at radius 1 is 0.534 bits per heavy atom. The standard InChI is InChI=1S/C44H54N4O10/c1-4-6-8-10-12-38(50)40(47-45)42(52)57-30-28-55-36-22-16-33(17-23-36)44(3,32-14-20-35(21-15-32)54-27-26-49)34-18-24-37(25-19-34)56-29-31-58-43(53)41(48-46)39(51)13-11-9-7-5-2/h14-25,49H,4-13,26-31H2,1-3H3. The van der Waals surface area contributed by atoms with Crippen molar-refractivity contribution in [3.8, 4) is 17.2 Å². The first-order valence-electron chi connectivity index (χ1n) is 19.8. The number of hydrogen-bond donors (Lipinski definition) is 1. The molecular weight excluding hydrogens is 745 g/mol. The number of aliphatic hydroxyl groups is 1. The zero-order valence-corrected chi connectivity index (χ0v) is 33.7. The van der Waals surface area contributed by atoms with E-state index in [0.717, 1.165) is 55.2 Å². The maximum atomic E-state index is 12.4. The third kappa shape index (κ3) is 14.2. The van der Waals surface area contributed by atoms with Crippen LogP contribution in [0.25, 0.3) is 11.1 Å². The number of carbonyl (C=O) groups excluding carboxylic acids is 4. The summed E-state index contributed by atoms with van der Waals surface area (Å²) in [5, 5.41) is 9.18. The smallest absolute Gasteiger partial charge is 0.441 e. The van der Waals surface area contributed by atoms with Crippen LogP contribution in [0.1, 0.15) is 102 Å². The number of ketones is 2. The van der Waals surface area contributed by atoms with Crippen LogP contribution in [-0.2, 0) is 34.1 Å². The van der Waals surface area contributed by atoms with Crippen LogP contribution in [0.5, 0.6) is 17.2 Å². The summed E-state index contributed by atoms with van der Waals surface area (Å²) in [6.45, 7) is 5.88. The fourth-order valence-corrected chi connectivity index (χ4v) is 6.12. The van der Waals surface area contributed by atoms with Crippen LogP contribution in [-0.4, -0.2) is 89.3 Å². The van der Waals surface area contributed by atoms with Crippen molar-refractivity contribution >= 4 is 34.9 Å².